The molecular weight excluding hydrogens is 208 g/mol. The molecule has 4 heteroatoms. The largest absolute Gasteiger partial charge is 0.376 e. The number of hydrogen-bond acceptors (Lipinski definition) is 4. The van der Waals surface area contributed by atoms with Gasteiger partial charge in [0.25, 0.3) is 0 Å². The Hall–Kier alpha value is 0.230. The Labute approximate surface area is 96.7 Å². The topological polar surface area (TPSA) is 38.5 Å². The van der Waals surface area contributed by atoms with E-state index in [2.05, 4.69) is 23.6 Å². The molecule has 0 saturated carbocycles. The molecule has 15 heavy (non-hydrogen) atoms. The van der Waals surface area contributed by atoms with Gasteiger partial charge in [0.15, 0.2) is 0 Å². The van der Waals surface area contributed by atoms with Crippen molar-refractivity contribution in [2.45, 2.75) is 31.4 Å². The van der Waals surface area contributed by atoms with E-state index in [-0.39, 0.29) is 5.54 Å². The molecule has 0 amide bonds. The van der Waals surface area contributed by atoms with Crippen LogP contribution in [0.2, 0.25) is 0 Å². The van der Waals surface area contributed by atoms with Crippen molar-refractivity contribution in [1.29, 1.82) is 0 Å². The second kappa shape index (κ2) is 5.04. The maximum absolute atomic E-state index is 6.02. The molecule has 0 aromatic carbocycles. The van der Waals surface area contributed by atoms with Crippen LogP contribution < -0.4 is 5.73 Å². The molecule has 2 heterocycles. The van der Waals surface area contributed by atoms with Gasteiger partial charge in [-0.15, -0.1) is 0 Å². The van der Waals surface area contributed by atoms with Crippen molar-refractivity contribution in [2.24, 2.45) is 5.73 Å². The lowest BCUT2D eigenvalue weighted by Gasteiger charge is -2.48. The van der Waals surface area contributed by atoms with E-state index in [1.54, 1.807) is 0 Å². The maximum atomic E-state index is 6.02. The summed E-state index contributed by atoms with van der Waals surface area (Å²) in [4.78, 5) is 2.58. The Kier molecular flexibility index (Phi) is 3.93. The van der Waals surface area contributed by atoms with Crippen molar-refractivity contribution in [1.82, 2.24) is 4.90 Å². The molecule has 2 saturated heterocycles. The van der Waals surface area contributed by atoms with Gasteiger partial charge in [-0.3, -0.25) is 4.90 Å². The quantitative estimate of drug-likeness (QED) is 0.766. The normalized spacial score (nSPS) is 32.8. The molecule has 2 aliphatic rings. The first-order valence-electron chi connectivity index (χ1n) is 5.91. The zero-order valence-corrected chi connectivity index (χ0v) is 10.4. The predicted molar refractivity (Wildman–Crippen MR) is 65.3 cm³/mol. The van der Waals surface area contributed by atoms with Crippen LogP contribution in [0.4, 0.5) is 0 Å². The van der Waals surface area contributed by atoms with Gasteiger partial charge >= 0.3 is 0 Å². The number of morpholine rings is 1. The van der Waals surface area contributed by atoms with Crippen LogP contribution in [0.3, 0.4) is 0 Å². The smallest absolute Gasteiger partial charge is 0.0674 e. The minimum atomic E-state index is 0.281. The van der Waals surface area contributed by atoms with E-state index < -0.39 is 0 Å². The average Bonchev–Trinajstić information content (AvgIpc) is 2.30. The van der Waals surface area contributed by atoms with Gasteiger partial charge in [0.05, 0.1) is 12.7 Å². The van der Waals surface area contributed by atoms with Crippen LogP contribution in [0.1, 0.15) is 19.8 Å². The van der Waals surface area contributed by atoms with Crippen LogP contribution in [0.5, 0.6) is 0 Å². The van der Waals surface area contributed by atoms with Crippen molar-refractivity contribution in [3.63, 3.8) is 0 Å². The first-order valence-corrected chi connectivity index (χ1v) is 7.07. The zero-order chi connectivity index (χ0) is 10.7. The second-order valence-electron chi connectivity index (χ2n) is 4.67. The summed E-state index contributed by atoms with van der Waals surface area (Å²) in [6, 6.07) is 0. The maximum Gasteiger partial charge on any atom is 0.0674 e. The lowest BCUT2D eigenvalue weighted by molar-refractivity contribution is -0.0630. The summed E-state index contributed by atoms with van der Waals surface area (Å²) in [7, 11) is 0. The van der Waals surface area contributed by atoms with Gasteiger partial charge in [-0.2, -0.15) is 11.8 Å². The highest BCUT2D eigenvalue weighted by molar-refractivity contribution is 7.99. The minimum Gasteiger partial charge on any atom is -0.376 e. The molecular formula is C11H22N2OS. The molecule has 2 fully saturated rings. The number of nitrogens with two attached hydrogens (primary N) is 1. The Morgan fingerprint density at radius 1 is 1.47 bits per heavy atom. The van der Waals surface area contributed by atoms with Gasteiger partial charge < -0.3 is 10.5 Å². The third kappa shape index (κ3) is 2.49. The fourth-order valence-corrected chi connectivity index (χ4v) is 3.90. The van der Waals surface area contributed by atoms with Crippen molar-refractivity contribution < 1.29 is 4.74 Å². The summed E-state index contributed by atoms with van der Waals surface area (Å²) in [5, 5.41) is 0. The van der Waals surface area contributed by atoms with Crippen molar-refractivity contribution in [2.75, 3.05) is 37.7 Å². The molecule has 0 radical (unpaired) electrons. The molecule has 0 aromatic rings. The van der Waals surface area contributed by atoms with E-state index >= 15 is 0 Å². The van der Waals surface area contributed by atoms with Gasteiger partial charge in [-0.1, -0.05) is 0 Å². The fraction of sp³-hybridized carbons (Fsp3) is 1.00. The molecule has 1 unspecified atom stereocenters. The summed E-state index contributed by atoms with van der Waals surface area (Å²) in [6.07, 6.45) is 2.87. The first kappa shape index (κ1) is 11.7. The summed E-state index contributed by atoms with van der Waals surface area (Å²) >= 11 is 2.06. The molecule has 2 rings (SSSR count). The predicted octanol–water partition coefficient (Wildman–Crippen LogP) is 0.932. The number of thioether (sulfide) groups is 1. The lowest BCUT2D eigenvalue weighted by atomic mass is 9.89. The molecule has 0 bridgehead atoms. The van der Waals surface area contributed by atoms with Gasteiger partial charge in [0.1, 0.15) is 0 Å². The first-order chi connectivity index (χ1) is 7.27. The Balaban J connectivity index is 2.03. The van der Waals surface area contributed by atoms with E-state index in [0.29, 0.717) is 6.10 Å². The summed E-state index contributed by atoms with van der Waals surface area (Å²) in [5.74, 6) is 2.53. The second-order valence-corrected chi connectivity index (χ2v) is 5.89. The number of nitrogens with zero attached hydrogens (tertiary/aromatic N) is 1. The van der Waals surface area contributed by atoms with E-state index in [0.717, 1.165) is 26.2 Å². The van der Waals surface area contributed by atoms with Gasteiger partial charge in [0, 0.05) is 25.2 Å². The zero-order valence-electron chi connectivity index (χ0n) is 9.58. The molecule has 2 N–H and O–H groups in total. The lowest BCUT2D eigenvalue weighted by Crippen LogP contribution is -2.60. The Morgan fingerprint density at radius 3 is 2.80 bits per heavy atom. The third-order valence-electron chi connectivity index (χ3n) is 3.72. The Bertz CT molecular complexity index is 207. The highest BCUT2D eigenvalue weighted by Gasteiger charge is 2.38. The molecule has 3 nitrogen and oxygen atoms in total. The molecule has 0 aliphatic carbocycles. The van der Waals surface area contributed by atoms with E-state index in [1.807, 2.05) is 0 Å². The highest BCUT2D eigenvalue weighted by atomic mass is 32.2. The minimum absolute atomic E-state index is 0.281. The van der Waals surface area contributed by atoms with Crippen LogP contribution in [0.25, 0.3) is 0 Å². The standard InChI is InChI=1S/C11H22N2OS/c1-10-8-13(4-5-14-10)11(9-12)2-6-15-7-3-11/h10H,2-9,12H2,1H3. The van der Waals surface area contributed by atoms with Crippen LogP contribution in [0.15, 0.2) is 0 Å². The van der Waals surface area contributed by atoms with Crippen molar-refractivity contribution in [3.05, 3.63) is 0 Å². The Morgan fingerprint density at radius 2 is 2.20 bits per heavy atom. The monoisotopic (exact) mass is 230 g/mol. The summed E-state index contributed by atoms with van der Waals surface area (Å²) in [5.41, 5.74) is 6.30. The SMILES string of the molecule is CC1CN(C2(CN)CCSCC2)CCO1. The van der Waals surface area contributed by atoms with Gasteiger partial charge in [-0.05, 0) is 31.3 Å². The van der Waals surface area contributed by atoms with Gasteiger partial charge in [0.2, 0.25) is 0 Å². The molecule has 1 atom stereocenters. The van der Waals surface area contributed by atoms with Crippen molar-refractivity contribution >= 4 is 11.8 Å². The summed E-state index contributed by atoms with van der Waals surface area (Å²) < 4.78 is 5.60. The highest BCUT2D eigenvalue weighted by Crippen LogP contribution is 2.32. The average molecular weight is 230 g/mol. The van der Waals surface area contributed by atoms with Crippen LogP contribution in [0, 0.1) is 0 Å². The molecule has 88 valence electrons. The molecule has 2 aliphatic heterocycles. The molecule has 0 spiro atoms. The van der Waals surface area contributed by atoms with E-state index in [9.17, 15) is 0 Å². The third-order valence-corrected chi connectivity index (χ3v) is 4.70. The van der Waals surface area contributed by atoms with Gasteiger partial charge in [-0.25, -0.2) is 0 Å². The molecule has 0 aromatic heterocycles. The number of rotatable bonds is 2. The fourth-order valence-electron chi connectivity index (χ4n) is 2.65. The van der Waals surface area contributed by atoms with Crippen molar-refractivity contribution in [3.8, 4) is 0 Å². The van der Waals surface area contributed by atoms with Crippen LogP contribution in [-0.4, -0.2) is 54.3 Å². The van der Waals surface area contributed by atoms with Crippen LogP contribution in [-0.2, 0) is 4.74 Å². The number of hydrogen-bond donors (Lipinski definition) is 1. The number of ether oxygens (including phenoxy) is 1. The van der Waals surface area contributed by atoms with E-state index in [4.69, 9.17) is 10.5 Å². The van der Waals surface area contributed by atoms with E-state index in [1.165, 1.54) is 24.3 Å². The summed E-state index contributed by atoms with van der Waals surface area (Å²) in [6.45, 7) is 5.96. The van der Waals surface area contributed by atoms with Crippen LogP contribution >= 0.6 is 11.8 Å².